The van der Waals surface area contributed by atoms with Crippen LogP contribution in [0.5, 0.6) is 0 Å². The normalized spacial score (nSPS) is 24.6. The lowest BCUT2D eigenvalue weighted by Crippen LogP contribution is -2.52. The summed E-state index contributed by atoms with van der Waals surface area (Å²) in [4.78, 5) is 123. The van der Waals surface area contributed by atoms with Crippen molar-refractivity contribution in [1.82, 2.24) is 101 Å². The van der Waals surface area contributed by atoms with Crippen molar-refractivity contribution in [2.24, 2.45) is 29.6 Å². The zero-order valence-corrected chi connectivity index (χ0v) is 82.2. The number of amides is 5. The average molecular weight is 2000 g/mol. The van der Waals surface area contributed by atoms with E-state index in [1.807, 2.05) is 85.1 Å². The van der Waals surface area contributed by atoms with Gasteiger partial charge in [0, 0.05) is 153 Å². The molecule has 10 N–H and O–H groups in total. The molecule has 13 aliphatic rings. The molecule has 0 aromatic carbocycles. The minimum atomic E-state index is -4.16. The molecule has 0 atom stereocenters. The Morgan fingerprint density at radius 1 is 0.382 bits per heavy atom. The predicted molar refractivity (Wildman–Crippen MR) is 532 cm³/mol. The zero-order chi connectivity index (χ0) is 100. The highest BCUT2D eigenvalue weighted by molar-refractivity contribution is 6.13. The largest absolute Gasteiger partial charge is 0.406 e. The summed E-state index contributed by atoms with van der Waals surface area (Å²) in [5.74, 6) is 2.27. The van der Waals surface area contributed by atoms with Crippen LogP contribution in [0.3, 0.4) is 0 Å². The summed E-state index contributed by atoms with van der Waals surface area (Å²) < 4.78 is 119. The number of nitrogens with zero attached hydrogens (tertiary/aromatic N) is 16. The number of halogens is 9. The number of aromatic nitrogens is 10. The second-order valence-electron chi connectivity index (χ2n) is 41.9. The molecule has 144 heavy (non-hydrogen) atoms. The van der Waals surface area contributed by atoms with Gasteiger partial charge < -0.3 is 95.0 Å². The van der Waals surface area contributed by atoms with Crippen molar-refractivity contribution in [2.45, 2.75) is 247 Å². The minimum Gasteiger partial charge on any atom is -0.364 e. The number of anilines is 5. The quantitative estimate of drug-likeness (QED) is 0.0214. The molecular weight excluding hydrogens is 1870 g/mol. The Morgan fingerprint density at radius 2 is 0.660 bits per heavy atom. The van der Waals surface area contributed by atoms with Gasteiger partial charge in [0.1, 0.15) is 46.0 Å². The first-order valence-corrected chi connectivity index (χ1v) is 51.6. The third-order valence-electron chi connectivity index (χ3n) is 32.4. The van der Waals surface area contributed by atoms with Gasteiger partial charge in [-0.15, -0.1) is 0 Å². The van der Waals surface area contributed by atoms with Crippen LogP contribution in [0.25, 0.3) is 55.2 Å². The van der Waals surface area contributed by atoms with Crippen molar-refractivity contribution in [1.29, 1.82) is 5.26 Å². The Kier molecular flexibility index (Phi) is 30.6. The van der Waals surface area contributed by atoms with Gasteiger partial charge in [0.25, 0.3) is 48.8 Å². The van der Waals surface area contributed by atoms with Gasteiger partial charge in [-0.05, 0) is 267 Å². The average Bonchev–Trinajstić information content (AvgIpc) is 1.53. The van der Waals surface area contributed by atoms with E-state index in [0.717, 1.165) is 244 Å². The lowest BCUT2D eigenvalue weighted by Gasteiger charge is -2.45. The highest BCUT2D eigenvalue weighted by Crippen LogP contribution is 2.51. The summed E-state index contributed by atoms with van der Waals surface area (Å²) in [6.45, 7) is 8.34. The highest BCUT2D eigenvalue weighted by atomic mass is 19.4. The number of fused-ring (bicyclic) bond motifs is 15. The Bertz CT molecular complexity index is 6190. The van der Waals surface area contributed by atoms with Gasteiger partial charge in [-0.3, -0.25) is 34.2 Å². The van der Waals surface area contributed by atoms with Gasteiger partial charge in [0.15, 0.2) is 0 Å². The van der Waals surface area contributed by atoms with Gasteiger partial charge >= 0.3 is 6.18 Å². The molecule has 0 unspecified atom stereocenters. The van der Waals surface area contributed by atoms with Gasteiger partial charge in [-0.1, -0.05) is 0 Å². The van der Waals surface area contributed by atoms with Crippen LogP contribution in [0.15, 0.2) is 92.3 Å². The number of nitriles is 1. The predicted octanol–water partition coefficient (Wildman–Crippen LogP) is 15.6. The number of nitrogens with one attached hydrogen (secondary N) is 10. The maximum Gasteiger partial charge on any atom is 0.406 e. The van der Waals surface area contributed by atoms with Crippen LogP contribution in [0, 0.1) is 40.9 Å². The Labute approximate surface area is 830 Å². The second-order valence-corrected chi connectivity index (χ2v) is 41.9. The van der Waals surface area contributed by atoms with E-state index in [0.29, 0.717) is 142 Å². The summed E-state index contributed by atoms with van der Waals surface area (Å²) in [7, 11) is 5.24. The molecule has 8 fully saturated rings. The standard InChI is InChI=1S/C21H26F3N5O.C21H27F2N5O.C21H26N6O.C20H27F2N5O2.C20H27F2N5O/c1-28-12-29(17-15-6-9-25-18(15)26-11-16(17)19(28)30)14-4-2-13(3-5-14)10-27-20(7-8-20)21(22,23)24;22-18(23)11-24-9-13-1-3-14(4-2-13)27-12-28(15-5-6-15)21(29)17-10-26-20-16(19(17)27)7-8-25-20;1-26-13-27(18-16-6-9-23-19(16)24-11-17(18)20(26)28)15-4-2-14(3-5-15)10-25-21(12-22)7-8-21;1-29-12-26-11-27(14-4-2-13(3-5-14)8-23-10-17(21)22)18-15-6-7-24-19(15)25-9-16(18)20(26)28;1-2-26-12-27(14-5-3-13(4-6-14)9-23-11-17(21)22)18-15-7-8-24-19(15)25-10-16(18)20(26)28/h6,9,11,13-14,27H,2-5,7-8,10,12H2,1H3,(H,25,26);7-8,10,13-15,18,24H,1-6,9,11-12H2,(H,25,26);6,9,11,14-15,25H,2-5,7-8,10,13H2,1H3,(H,23,24);6-7,9,13-14,17,23H,2-5,8,10-12H2,1H3,(H,24,25);7-8,10,13-14,17,23H,2-6,9,11-12H2,1H3,(H,24,25). The number of hydrogen-bond acceptors (Lipinski definition) is 22. The molecule has 8 aliphatic carbocycles. The highest BCUT2D eigenvalue weighted by Gasteiger charge is 2.63. The van der Waals surface area contributed by atoms with Crippen LogP contribution in [0.2, 0.25) is 0 Å². The monoisotopic (exact) mass is 2000 g/mol. The van der Waals surface area contributed by atoms with Crippen molar-refractivity contribution >= 4 is 113 Å². The van der Waals surface area contributed by atoms with Gasteiger partial charge in [-0.25, -0.2) is 51.3 Å². The van der Waals surface area contributed by atoms with Crippen molar-refractivity contribution in [3.63, 3.8) is 0 Å². The summed E-state index contributed by atoms with van der Waals surface area (Å²) in [5.41, 5.74) is 10.3. The smallest absolute Gasteiger partial charge is 0.364 e. The molecule has 0 saturated heterocycles. The number of hydrogen-bond donors (Lipinski definition) is 10. The number of carbonyl (C=O) groups excluding carboxylic acids is 5. The number of methoxy groups -OCH3 is 1. The summed E-state index contributed by atoms with van der Waals surface area (Å²) in [6, 6.07) is 14.4. The first-order valence-electron chi connectivity index (χ1n) is 51.6. The fourth-order valence-electron chi connectivity index (χ4n) is 23.8. The van der Waals surface area contributed by atoms with Gasteiger partial charge in [-0.2, -0.15) is 18.4 Å². The van der Waals surface area contributed by atoms with Crippen LogP contribution in [-0.4, -0.2) is 297 Å². The van der Waals surface area contributed by atoms with E-state index in [-0.39, 0.29) is 92.3 Å². The molecule has 15 heterocycles. The van der Waals surface area contributed by atoms with Crippen LogP contribution in [0.1, 0.15) is 226 Å². The number of rotatable bonds is 27. The van der Waals surface area contributed by atoms with E-state index in [4.69, 9.17) is 4.74 Å². The maximum atomic E-state index is 13.2. The van der Waals surface area contributed by atoms with Crippen molar-refractivity contribution in [3.8, 4) is 6.07 Å². The van der Waals surface area contributed by atoms with E-state index >= 15 is 0 Å². The van der Waals surface area contributed by atoms with Crippen LogP contribution >= 0.6 is 0 Å². The number of aromatic amines is 5. The van der Waals surface area contributed by atoms with Gasteiger partial charge in [0.05, 0.1) is 115 Å². The first kappa shape index (κ1) is 101. The molecule has 10 aromatic rings. The summed E-state index contributed by atoms with van der Waals surface area (Å²) in [6.07, 6.45) is 31.3. The molecule has 774 valence electrons. The minimum absolute atomic E-state index is 0.0309. The molecule has 0 bridgehead atoms. The third-order valence-corrected chi connectivity index (χ3v) is 32.4. The fourth-order valence-corrected chi connectivity index (χ4v) is 23.8. The molecule has 23 rings (SSSR count). The number of ether oxygens (including phenoxy) is 1. The molecule has 5 amide bonds. The molecule has 5 aliphatic heterocycles. The fraction of sp³-hybridized carbons (Fsp3) is 0.602. The summed E-state index contributed by atoms with van der Waals surface area (Å²) in [5, 5.41) is 29.1. The second kappa shape index (κ2) is 43.6. The van der Waals surface area contributed by atoms with Crippen LogP contribution in [0.4, 0.5) is 68.0 Å². The Morgan fingerprint density at radius 3 is 0.951 bits per heavy atom. The first-order chi connectivity index (χ1) is 69.7. The number of carbonyl (C=O) groups is 5. The van der Waals surface area contributed by atoms with E-state index in [2.05, 4.69) is 107 Å². The number of H-pyrrole nitrogens is 5. The van der Waals surface area contributed by atoms with E-state index in [1.54, 1.807) is 59.8 Å². The van der Waals surface area contributed by atoms with Crippen molar-refractivity contribution in [2.75, 3.05) is 145 Å². The Hall–Kier alpha value is -11.6. The number of alkyl halides is 9. The summed E-state index contributed by atoms with van der Waals surface area (Å²) >= 11 is 0. The zero-order valence-electron chi connectivity index (χ0n) is 82.2. The third kappa shape index (κ3) is 21.7. The maximum absolute atomic E-state index is 13.2. The molecule has 32 nitrogen and oxygen atoms in total. The molecule has 41 heteroatoms. The topological polar surface area (TPSA) is 354 Å². The SMILES string of the molecule is CCN1CN(C2CCC(CNCC(F)F)CC2)c2c(cnc3[nH]ccc23)C1=O.CN1CN(C2CCC(CNC3(C#N)CC3)CC2)c2c(cnc3[nH]ccc23)C1=O.CN1CN(C2CCC(CNC3(C(F)(F)F)CC3)CC2)c2c(cnc3[nH]ccc23)C1=O.COCN1CN(C2CCC(CNCC(F)F)CC2)c2c(cnc3[nH]ccc23)C1=O.O=C1c2cnc3[nH]ccc3c2N(C2CCC(CNCC(F)F)CC2)CN1C1CC1. The Balaban J connectivity index is 0.000000114. The van der Waals surface area contributed by atoms with E-state index in [1.165, 1.54) is 0 Å². The van der Waals surface area contributed by atoms with E-state index in [9.17, 15) is 68.7 Å². The van der Waals surface area contributed by atoms with Crippen LogP contribution in [-0.2, 0) is 4.74 Å². The molecule has 0 radical (unpaired) electrons. The van der Waals surface area contributed by atoms with Gasteiger partial charge in [0.2, 0.25) is 0 Å². The molecule has 0 spiro atoms. The number of pyridine rings is 5. The molecule has 8 saturated carbocycles. The van der Waals surface area contributed by atoms with E-state index < -0.39 is 31.0 Å². The molecular formula is C103H133F9N26O6. The van der Waals surface area contributed by atoms with Crippen LogP contribution < -0.4 is 51.1 Å². The molecule has 10 aromatic heterocycles. The van der Waals surface area contributed by atoms with Crippen molar-refractivity contribution < 1.29 is 68.2 Å². The lowest BCUT2D eigenvalue weighted by atomic mass is 9.84. The lowest BCUT2D eigenvalue weighted by molar-refractivity contribution is -0.166. The van der Waals surface area contributed by atoms with Crippen molar-refractivity contribution in [3.05, 3.63) is 120 Å².